The van der Waals surface area contributed by atoms with Crippen LogP contribution in [0.15, 0.2) is 28.0 Å². The third kappa shape index (κ3) is 1.47. The van der Waals surface area contributed by atoms with Crippen LogP contribution in [0, 0.1) is 0 Å². The molecule has 0 spiro atoms. The van der Waals surface area contributed by atoms with E-state index in [1.807, 2.05) is 4.57 Å². The zero-order chi connectivity index (χ0) is 10.4. The highest BCUT2D eigenvalue weighted by Crippen LogP contribution is 2.36. The molecule has 5 heteroatoms. The van der Waals surface area contributed by atoms with Crippen molar-refractivity contribution in [2.75, 3.05) is 0 Å². The molecular formula is C10H8BrN3O. The molecule has 1 fully saturated rings. The second-order valence-electron chi connectivity index (χ2n) is 3.71. The summed E-state index contributed by atoms with van der Waals surface area (Å²) in [6, 6.07) is 2.23. The number of hydrogen-bond donors (Lipinski definition) is 0. The van der Waals surface area contributed by atoms with Crippen molar-refractivity contribution >= 4 is 26.8 Å². The molecule has 0 aromatic carbocycles. The molecule has 15 heavy (non-hydrogen) atoms. The molecule has 2 aromatic heterocycles. The van der Waals surface area contributed by atoms with Crippen molar-refractivity contribution in [1.82, 2.24) is 14.5 Å². The first kappa shape index (κ1) is 9.03. The van der Waals surface area contributed by atoms with Crippen LogP contribution in [-0.4, -0.2) is 14.5 Å². The van der Waals surface area contributed by atoms with Crippen LogP contribution in [0.25, 0.3) is 10.9 Å². The summed E-state index contributed by atoms with van der Waals surface area (Å²) in [5.74, 6) is 0. The normalized spacial score (nSPS) is 15.8. The third-order valence-electron chi connectivity index (χ3n) is 2.60. The maximum Gasteiger partial charge on any atom is 0.280 e. The van der Waals surface area contributed by atoms with E-state index in [-0.39, 0.29) is 5.56 Å². The predicted octanol–water partition coefficient (Wildman–Crippen LogP) is 1.89. The summed E-state index contributed by atoms with van der Waals surface area (Å²) in [4.78, 5) is 19.6. The van der Waals surface area contributed by atoms with Gasteiger partial charge in [0.15, 0.2) is 0 Å². The average molecular weight is 266 g/mol. The van der Waals surface area contributed by atoms with E-state index in [2.05, 4.69) is 25.9 Å². The first-order valence-corrected chi connectivity index (χ1v) is 5.57. The van der Waals surface area contributed by atoms with Gasteiger partial charge in [-0.15, -0.1) is 0 Å². The number of nitrogens with zero attached hydrogens (tertiary/aromatic N) is 3. The second-order valence-corrected chi connectivity index (χ2v) is 4.52. The molecule has 1 saturated carbocycles. The minimum atomic E-state index is -0.190. The maximum atomic E-state index is 11.6. The van der Waals surface area contributed by atoms with Crippen LogP contribution in [0.1, 0.15) is 18.9 Å². The van der Waals surface area contributed by atoms with Crippen molar-refractivity contribution < 1.29 is 0 Å². The van der Waals surface area contributed by atoms with Crippen LogP contribution in [0.2, 0.25) is 0 Å². The van der Waals surface area contributed by atoms with Gasteiger partial charge in [-0.2, -0.15) is 4.98 Å². The van der Waals surface area contributed by atoms with Gasteiger partial charge in [-0.25, -0.2) is 4.98 Å². The Morgan fingerprint density at radius 1 is 1.40 bits per heavy atom. The van der Waals surface area contributed by atoms with Gasteiger partial charge in [-0.05, 0) is 34.8 Å². The highest BCUT2D eigenvalue weighted by molar-refractivity contribution is 9.10. The Morgan fingerprint density at radius 3 is 2.93 bits per heavy atom. The molecule has 0 atom stereocenters. The molecule has 2 heterocycles. The zero-order valence-corrected chi connectivity index (χ0v) is 9.44. The van der Waals surface area contributed by atoms with Gasteiger partial charge in [0, 0.05) is 6.04 Å². The fourth-order valence-electron chi connectivity index (χ4n) is 1.69. The number of halogens is 1. The number of pyridine rings is 1. The summed E-state index contributed by atoms with van der Waals surface area (Å²) in [7, 11) is 0. The molecule has 1 aliphatic rings. The van der Waals surface area contributed by atoms with Crippen molar-refractivity contribution in [2.45, 2.75) is 18.9 Å². The Labute approximate surface area is 94.1 Å². The first-order chi connectivity index (χ1) is 7.25. The molecule has 0 bridgehead atoms. The summed E-state index contributed by atoms with van der Waals surface area (Å²) in [6.45, 7) is 0. The highest BCUT2D eigenvalue weighted by Gasteiger charge is 2.24. The monoisotopic (exact) mass is 265 g/mol. The van der Waals surface area contributed by atoms with Crippen molar-refractivity contribution in [3.8, 4) is 0 Å². The van der Waals surface area contributed by atoms with E-state index < -0.39 is 0 Å². The molecule has 4 nitrogen and oxygen atoms in total. The minimum Gasteiger partial charge on any atom is -0.327 e. The fourth-order valence-corrected chi connectivity index (χ4v) is 2.02. The van der Waals surface area contributed by atoms with Crippen LogP contribution >= 0.6 is 15.9 Å². The smallest absolute Gasteiger partial charge is 0.280 e. The topological polar surface area (TPSA) is 47.8 Å². The molecular weight excluding hydrogens is 258 g/mol. The van der Waals surface area contributed by atoms with E-state index in [1.54, 1.807) is 18.6 Å². The standard InChI is InChI=1S/C10H8BrN3O/c11-9-3-7-8(4-12-9)14(6-1-2-6)5-13-10(7)15/h3-6H,1-2H2. The lowest BCUT2D eigenvalue weighted by Crippen LogP contribution is -2.12. The fraction of sp³-hybridized carbons (Fsp3) is 0.300. The molecule has 0 radical (unpaired) electrons. The number of hydrogen-bond acceptors (Lipinski definition) is 3. The zero-order valence-electron chi connectivity index (χ0n) is 7.85. The lowest BCUT2D eigenvalue weighted by molar-refractivity contribution is 0.742. The van der Waals surface area contributed by atoms with Crippen LogP contribution in [0.4, 0.5) is 0 Å². The predicted molar refractivity (Wildman–Crippen MR) is 59.8 cm³/mol. The van der Waals surface area contributed by atoms with Gasteiger partial charge in [0.05, 0.1) is 23.4 Å². The van der Waals surface area contributed by atoms with Crippen molar-refractivity contribution in [1.29, 1.82) is 0 Å². The molecule has 0 saturated heterocycles. The average Bonchev–Trinajstić information content (AvgIpc) is 3.03. The van der Waals surface area contributed by atoms with Gasteiger partial charge in [0.1, 0.15) is 4.60 Å². The quantitative estimate of drug-likeness (QED) is 0.740. The molecule has 76 valence electrons. The van der Waals surface area contributed by atoms with Crippen LogP contribution < -0.4 is 5.56 Å². The molecule has 0 unspecified atom stereocenters. The van der Waals surface area contributed by atoms with E-state index in [4.69, 9.17) is 0 Å². The third-order valence-corrected chi connectivity index (χ3v) is 3.03. The van der Waals surface area contributed by atoms with Gasteiger partial charge < -0.3 is 4.57 Å². The Morgan fingerprint density at radius 2 is 2.20 bits per heavy atom. The lowest BCUT2D eigenvalue weighted by Gasteiger charge is -2.07. The number of aromatic nitrogens is 3. The SMILES string of the molecule is O=c1ncn(C2CC2)c2cnc(Br)cc12. The molecule has 3 rings (SSSR count). The highest BCUT2D eigenvalue weighted by atomic mass is 79.9. The number of rotatable bonds is 1. The van der Waals surface area contributed by atoms with Crippen molar-refractivity contribution in [2.24, 2.45) is 0 Å². The molecule has 0 N–H and O–H groups in total. The summed E-state index contributed by atoms with van der Waals surface area (Å²) in [6.07, 6.45) is 5.67. The summed E-state index contributed by atoms with van der Waals surface area (Å²) >= 11 is 3.26. The van der Waals surface area contributed by atoms with Gasteiger partial charge in [0.25, 0.3) is 5.56 Å². The summed E-state index contributed by atoms with van der Waals surface area (Å²) in [5.41, 5.74) is 0.686. The van der Waals surface area contributed by atoms with E-state index in [0.29, 0.717) is 16.0 Å². The number of fused-ring (bicyclic) bond motifs is 1. The van der Waals surface area contributed by atoms with E-state index in [9.17, 15) is 4.79 Å². The summed E-state index contributed by atoms with van der Waals surface area (Å²) < 4.78 is 2.71. The Balaban J connectivity index is 2.39. The molecule has 1 aliphatic carbocycles. The Kier molecular flexibility index (Phi) is 1.88. The van der Waals surface area contributed by atoms with E-state index >= 15 is 0 Å². The van der Waals surface area contributed by atoms with Crippen LogP contribution in [-0.2, 0) is 0 Å². The molecule has 0 aliphatic heterocycles. The van der Waals surface area contributed by atoms with E-state index in [0.717, 1.165) is 18.4 Å². The van der Waals surface area contributed by atoms with Crippen molar-refractivity contribution in [3.63, 3.8) is 0 Å². The molecule has 0 amide bonds. The first-order valence-electron chi connectivity index (χ1n) is 4.78. The minimum absolute atomic E-state index is 0.190. The van der Waals surface area contributed by atoms with Gasteiger partial charge in [-0.3, -0.25) is 4.79 Å². The molecule has 2 aromatic rings. The van der Waals surface area contributed by atoms with Gasteiger partial charge in [0.2, 0.25) is 0 Å². The van der Waals surface area contributed by atoms with Gasteiger partial charge >= 0.3 is 0 Å². The Bertz CT molecular complexity index is 589. The van der Waals surface area contributed by atoms with Crippen LogP contribution in [0.5, 0.6) is 0 Å². The second kappa shape index (κ2) is 3.13. The summed E-state index contributed by atoms with van der Waals surface area (Å²) in [5, 5.41) is 0.631. The van der Waals surface area contributed by atoms with Gasteiger partial charge in [-0.1, -0.05) is 0 Å². The lowest BCUT2D eigenvalue weighted by atomic mass is 10.3. The largest absolute Gasteiger partial charge is 0.327 e. The van der Waals surface area contributed by atoms with Crippen LogP contribution in [0.3, 0.4) is 0 Å². The maximum absolute atomic E-state index is 11.6. The van der Waals surface area contributed by atoms with Crippen molar-refractivity contribution in [3.05, 3.63) is 33.5 Å². The Hall–Kier alpha value is -1.23. The van der Waals surface area contributed by atoms with E-state index in [1.165, 1.54) is 0 Å².